The summed E-state index contributed by atoms with van der Waals surface area (Å²) in [7, 11) is 0. The smallest absolute Gasteiger partial charge is 0.254 e. The fourth-order valence-electron chi connectivity index (χ4n) is 3.77. The molecule has 0 bridgehead atoms. The molecular formula is C19H22N4O2. The first-order chi connectivity index (χ1) is 12.2. The van der Waals surface area contributed by atoms with E-state index in [2.05, 4.69) is 21.4 Å². The first kappa shape index (κ1) is 16.0. The third-order valence-electron chi connectivity index (χ3n) is 5.16. The average molecular weight is 338 g/mol. The number of hydrogen-bond acceptors (Lipinski definition) is 4. The number of nitrogens with zero attached hydrogens (tertiary/aromatic N) is 2. The molecule has 0 aliphatic carbocycles. The van der Waals surface area contributed by atoms with Crippen molar-refractivity contribution in [3.05, 3.63) is 63.3 Å². The summed E-state index contributed by atoms with van der Waals surface area (Å²) in [6, 6.07) is 7.95. The van der Waals surface area contributed by atoms with Gasteiger partial charge >= 0.3 is 0 Å². The van der Waals surface area contributed by atoms with E-state index in [1.54, 1.807) is 4.90 Å². The molecule has 2 N–H and O–H groups in total. The number of carbonyl (C=O) groups excluding carboxylic acids is 1. The Hall–Kier alpha value is -2.47. The van der Waals surface area contributed by atoms with Crippen molar-refractivity contribution in [2.24, 2.45) is 5.92 Å². The maximum absolute atomic E-state index is 12.9. The van der Waals surface area contributed by atoms with Crippen LogP contribution in [0.15, 0.2) is 35.4 Å². The number of H-pyrrole nitrogens is 1. The zero-order valence-corrected chi connectivity index (χ0v) is 14.1. The summed E-state index contributed by atoms with van der Waals surface area (Å²) in [5, 5.41) is 3.39. The molecule has 2 aromatic rings. The maximum atomic E-state index is 12.9. The molecule has 0 spiro atoms. The molecule has 1 saturated heterocycles. The lowest BCUT2D eigenvalue weighted by Gasteiger charge is -2.27. The number of amides is 1. The topological polar surface area (TPSA) is 78.1 Å². The predicted molar refractivity (Wildman–Crippen MR) is 94.4 cm³/mol. The molecule has 4 rings (SSSR count). The number of carbonyl (C=O) groups is 1. The van der Waals surface area contributed by atoms with Crippen LogP contribution in [0, 0.1) is 5.92 Å². The van der Waals surface area contributed by atoms with Crippen molar-refractivity contribution in [3.8, 4) is 0 Å². The van der Waals surface area contributed by atoms with Gasteiger partial charge in [-0.25, -0.2) is 4.98 Å². The van der Waals surface area contributed by atoms with Crippen LogP contribution in [0.5, 0.6) is 0 Å². The number of aromatic nitrogens is 2. The van der Waals surface area contributed by atoms with Gasteiger partial charge in [0.05, 0.1) is 18.6 Å². The number of fused-ring (bicyclic) bond motifs is 1. The lowest BCUT2D eigenvalue weighted by atomic mass is 9.97. The lowest BCUT2D eigenvalue weighted by molar-refractivity contribution is 0.0731. The van der Waals surface area contributed by atoms with Gasteiger partial charge in [0.15, 0.2) is 0 Å². The van der Waals surface area contributed by atoms with Crippen LogP contribution in [0.3, 0.4) is 0 Å². The Balaban J connectivity index is 1.50. The molecule has 0 saturated carbocycles. The van der Waals surface area contributed by atoms with Gasteiger partial charge in [0.1, 0.15) is 0 Å². The molecule has 3 heterocycles. The highest BCUT2D eigenvalue weighted by molar-refractivity contribution is 5.94. The van der Waals surface area contributed by atoms with Gasteiger partial charge in [-0.05, 0) is 56.0 Å². The fourth-order valence-corrected chi connectivity index (χ4v) is 3.77. The van der Waals surface area contributed by atoms with Gasteiger partial charge in [-0.1, -0.05) is 12.1 Å². The summed E-state index contributed by atoms with van der Waals surface area (Å²) in [5.74, 6) is 0.669. The third kappa shape index (κ3) is 3.35. The van der Waals surface area contributed by atoms with E-state index in [0.29, 0.717) is 36.7 Å². The first-order valence-electron chi connectivity index (χ1n) is 8.85. The van der Waals surface area contributed by atoms with Crippen molar-refractivity contribution in [3.63, 3.8) is 0 Å². The summed E-state index contributed by atoms with van der Waals surface area (Å²) in [5.41, 5.74) is 3.25. The van der Waals surface area contributed by atoms with Crippen molar-refractivity contribution in [2.45, 2.75) is 25.8 Å². The molecule has 6 heteroatoms. The highest BCUT2D eigenvalue weighted by Gasteiger charge is 2.24. The molecular weight excluding hydrogens is 316 g/mol. The van der Waals surface area contributed by atoms with E-state index in [1.807, 2.05) is 18.2 Å². The molecule has 1 atom stereocenters. The molecule has 1 aromatic carbocycles. The number of benzene rings is 1. The summed E-state index contributed by atoms with van der Waals surface area (Å²) < 4.78 is 0. The fraction of sp³-hybridized carbons (Fsp3) is 0.421. The molecule has 2 aliphatic rings. The number of hydrogen-bond donors (Lipinski definition) is 2. The summed E-state index contributed by atoms with van der Waals surface area (Å²) >= 11 is 0. The molecule has 1 unspecified atom stereocenters. The SMILES string of the molecule is O=C(c1cccc(CC2CCNC2)c1)N1CCc2c(nc[nH]c2=O)C1. The molecule has 1 amide bonds. The van der Waals surface area contributed by atoms with E-state index < -0.39 is 0 Å². The maximum Gasteiger partial charge on any atom is 0.254 e. The summed E-state index contributed by atoms with van der Waals surface area (Å²) in [4.78, 5) is 33.3. The minimum Gasteiger partial charge on any atom is -0.332 e. The monoisotopic (exact) mass is 338 g/mol. The van der Waals surface area contributed by atoms with E-state index in [4.69, 9.17) is 0 Å². The van der Waals surface area contributed by atoms with E-state index in [-0.39, 0.29) is 11.5 Å². The number of nitrogens with one attached hydrogen (secondary N) is 2. The number of aromatic amines is 1. The molecule has 6 nitrogen and oxygen atoms in total. The highest BCUT2D eigenvalue weighted by atomic mass is 16.2. The summed E-state index contributed by atoms with van der Waals surface area (Å²) in [6.07, 6.45) is 4.16. The Bertz CT molecular complexity index is 839. The van der Waals surface area contributed by atoms with Crippen molar-refractivity contribution in [1.82, 2.24) is 20.2 Å². The Morgan fingerprint density at radius 3 is 3.12 bits per heavy atom. The van der Waals surface area contributed by atoms with Gasteiger partial charge in [-0.2, -0.15) is 0 Å². The van der Waals surface area contributed by atoms with Gasteiger partial charge in [0.2, 0.25) is 0 Å². The Morgan fingerprint density at radius 2 is 2.28 bits per heavy atom. The molecule has 1 aromatic heterocycles. The molecule has 0 radical (unpaired) electrons. The second kappa shape index (κ2) is 6.80. The van der Waals surface area contributed by atoms with Crippen molar-refractivity contribution in [1.29, 1.82) is 0 Å². The third-order valence-corrected chi connectivity index (χ3v) is 5.16. The minimum absolute atomic E-state index is 0.0131. The zero-order valence-electron chi connectivity index (χ0n) is 14.1. The normalized spacial score (nSPS) is 19.7. The van der Waals surface area contributed by atoms with Crippen LogP contribution in [-0.4, -0.2) is 40.4 Å². The Kier molecular flexibility index (Phi) is 4.36. The Labute approximate surface area is 146 Å². The van der Waals surface area contributed by atoms with Crippen LogP contribution < -0.4 is 10.9 Å². The second-order valence-corrected chi connectivity index (χ2v) is 6.90. The van der Waals surface area contributed by atoms with E-state index in [0.717, 1.165) is 25.1 Å². The average Bonchev–Trinajstić information content (AvgIpc) is 3.14. The van der Waals surface area contributed by atoms with Crippen LogP contribution in [0.2, 0.25) is 0 Å². The largest absolute Gasteiger partial charge is 0.332 e. The standard InChI is InChI=1S/C19H22N4O2/c24-18-16-5-7-23(11-17(16)21-12-22-18)19(25)15-3-1-2-13(9-15)8-14-4-6-20-10-14/h1-3,9,12,14,20H,4-8,10-11H2,(H,21,22,24). The first-order valence-corrected chi connectivity index (χ1v) is 8.85. The van der Waals surface area contributed by atoms with E-state index in [1.165, 1.54) is 18.3 Å². The quantitative estimate of drug-likeness (QED) is 0.879. The molecule has 2 aliphatic heterocycles. The van der Waals surface area contributed by atoms with Crippen LogP contribution in [0.25, 0.3) is 0 Å². The van der Waals surface area contributed by atoms with Gasteiger partial charge in [-0.15, -0.1) is 0 Å². The van der Waals surface area contributed by atoms with Gasteiger partial charge in [-0.3, -0.25) is 9.59 Å². The van der Waals surface area contributed by atoms with Crippen LogP contribution in [-0.2, 0) is 19.4 Å². The molecule has 1 fully saturated rings. The van der Waals surface area contributed by atoms with E-state index in [9.17, 15) is 9.59 Å². The zero-order chi connectivity index (χ0) is 17.2. The minimum atomic E-state index is -0.0933. The van der Waals surface area contributed by atoms with Crippen LogP contribution in [0.4, 0.5) is 0 Å². The lowest BCUT2D eigenvalue weighted by Crippen LogP contribution is -2.39. The Morgan fingerprint density at radius 1 is 1.36 bits per heavy atom. The highest BCUT2D eigenvalue weighted by Crippen LogP contribution is 2.19. The van der Waals surface area contributed by atoms with Gasteiger partial charge < -0.3 is 15.2 Å². The second-order valence-electron chi connectivity index (χ2n) is 6.90. The number of rotatable bonds is 3. The van der Waals surface area contributed by atoms with Crippen LogP contribution in [0.1, 0.15) is 33.6 Å². The van der Waals surface area contributed by atoms with Gasteiger partial charge in [0.25, 0.3) is 11.5 Å². The van der Waals surface area contributed by atoms with E-state index >= 15 is 0 Å². The molecule has 130 valence electrons. The van der Waals surface area contributed by atoms with Crippen molar-refractivity contribution < 1.29 is 4.79 Å². The predicted octanol–water partition coefficient (Wildman–Crippen LogP) is 1.12. The van der Waals surface area contributed by atoms with Crippen molar-refractivity contribution >= 4 is 5.91 Å². The van der Waals surface area contributed by atoms with Gasteiger partial charge in [0, 0.05) is 17.7 Å². The molecule has 25 heavy (non-hydrogen) atoms. The van der Waals surface area contributed by atoms with Crippen LogP contribution >= 0.6 is 0 Å². The van der Waals surface area contributed by atoms with Crippen molar-refractivity contribution in [2.75, 3.05) is 19.6 Å². The summed E-state index contributed by atoms with van der Waals surface area (Å²) in [6.45, 7) is 3.09.